The number of hydrogen-bond donors (Lipinski definition) is 1. The average molecular weight is 267 g/mol. The van der Waals surface area contributed by atoms with Crippen LogP contribution in [0.25, 0.3) is 5.65 Å². The molecular formula is C15H17N5. The highest BCUT2D eigenvalue weighted by Gasteiger charge is 2.04. The van der Waals surface area contributed by atoms with E-state index < -0.39 is 0 Å². The van der Waals surface area contributed by atoms with Gasteiger partial charge in [-0.25, -0.2) is 0 Å². The molecule has 3 rings (SSSR count). The van der Waals surface area contributed by atoms with Gasteiger partial charge >= 0.3 is 0 Å². The second-order valence-corrected chi connectivity index (χ2v) is 4.77. The molecule has 0 atom stereocenters. The first-order valence-corrected chi connectivity index (χ1v) is 6.73. The molecule has 5 nitrogen and oxygen atoms in total. The molecule has 102 valence electrons. The van der Waals surface area contributed by atoms with E-state index in [0.29, 0.717) is 0 Å². The largest absolute Gasteiger partial charge is 0.312 e. The molecule has 0 amide bonds. The van der Waals surface area contributed by atoms with E-state index in [0.717, 1.165) is 31.0 Å². The summed E-state index contributed by atoms with van der Waals surface area (Å²) in [5.41, 5.74) is 3.39. The molecule has 5 heteroatoms. The van der Waals surface area contributed by atoms with E-state index in [1.807, 2.05) is 47.3 Å². The number of rotatable bonds is 5. The van der Waals surface area contributed by atoms with Crippen LogP contribution in [-0.4, -0.2) is 26.1 Å². The quantitative estimate of drug-likeness (QED) is 0.716. The lowest BCUT2D eigenvalue weighted by atomic mass is 10.1. The number of nitrogens with one attached hydrogen (secondary N) is 1. The molecule has 1 N–H and O–H groups in total. The Hall–Kier alpha value is -2.27. The van der Waals surface area contributed by atoms with E-state index in [1.165, 1.54) is 11.1 Å². The topological polar surface area (TPSA) is 55.1 Å². The minimum absolute atomic E-state index is 0.830. The van der Waals surface area contributed by atoms with Gasteiger partial charge in [0.15, 0.2) is 5.65 Å². The number of nitrogens with zero attached hydrogens (tertiary/aromatic N) is 4. The molecule has 0 aliphatic carbocycles. The van der Waals surface area contributed by atoms with Crippen molar-refractivity contribution in [3.8, 4) is 0 Å². The maximum Gasteiger partial charge on any atom is 0.160 e. The van der Waals surface area contributed by atoms with E-state index in [-0.39, 0.29) is 0 Å². The lowest BCUT2D eigenvalue weighted by Gasteiger charge is -2.06. The Morgan fingerprint density at radius 1 is 1.20 bits per heavy atom. The van der Waals surface area contributed by atoms with E-state index in [4.69, 9.17) is 0 Å². The van der Waals surface area contributed by atoms with Gasteiger partial charge in [-0.2, -0.15) is 0 Å². The molecular weight excluding hydrogens is 250 g/mol. The summed E-state index contributed by atoms with van der Waals surface area (Å²) >= 11 is 0. The molecule has 0 spiro atoms. The first kappa shape index (κ1) is 12.7. The van der Waals surface area contributed by atoms with Crippen LogP contribution in [0, 0.1) is 6.92 Å². The van der Waals surface area contributed by atoms with Gasteiger partial charge in [-0.1, -0.05) is 6.07 Å². The van der Waals surface area contributed by atoms with Crippen LogP contribution in [0.5, 0.6) is 0 Å². The second kappa shape index (κ2) is 5.79. The van der Waals surface area contributed by atoms with Crippen molar-refractivity contribution >= 4 is 5.65 Å². The Morgan fingerprint density at radius 2 is 2.15 bits per heavy atom. The second-order valence-electron chi connectivity index (χ2n) is 4.77. The maximum absolute atomic E-state index is 4.22. The van der Waals surface area contributed by atoms with Crippen LogP contribution >= 0.6 is 0 Å². The summed E-state index contributed by atoms with van der Waals surface area (Å²) in [5.74, 6) is 0.982. The summed E-state index contributed by atoms with van der Waals surface area (Å²) in [7, 11) is 0. The molecule has 20 heavy (non-hydrogen) atoms. The molecule has 0 unspecified atom stereocenters. The van der Waals surface area contributed by atoms with Gasteiger partial charge in [0, 0.05) is 38.1 Å². The van der Waals surface area contributed by atoms with Crippen molar-refractivity contribution in [3.05, 3.63) is 59.8 Å². The van der Waals surface area contributed by atoms with Gasteiger partial charge in [0.1, 0.15) is 5.82 Å². The van der Waals surface area contributed by atoms with Crippen molar-refractivity contribution in [2.24, 2.45) is 0 Å². The maximum atomic E-state index is 4.22. The first-order valence-electron chi connectivity index (χ1n) is 6.73. The Labute approximate surface area is 117 Å². The summed E-state index contributed by atoms with van der Waals surface area (Å²) in [6, 6.07) is 7.95. The van der Waals surface area contributed by atoms with E-state index in [2.05, 4.69) is 27.4 Å². The van der Waals surface area contributed by atoms with E-state index in [9.17, 15) is 0 Å². The van der Waals surface area contributed by atoms with Gasteiger partial charge in [0.25, 0.3) is 0 Å². The van der Waals surface area contributed by atoms with Crippen LogP contribution in [0.2, 0.25) is 0 Å². The van der Waals surface area contributed by atoms with Gasteiger partial charge < -0.3 is 5.32 Å². The van der Waals surface area contributed by atoms with Crippen LogP contribution in [0.15, 0.2) is 42.9 Å². The molecule has 3 heterocycles. The molecule has 0 aliphatic heterocycles. The van der Waals surface area contributed by atoms with Crippen molar-refractivity contribution in [1.29, 1.82) is 0 Å². The number of hydrogen-bond acceptors (Lipinski definition) is 4. The van der Waals surface area contributed by atoms with Crippen LogP contribution in [0.3, 0.4) is 0 Å². The van der Waals surface area contributed by atoms with Crippen LogP contribution in [0.1, 0.15) is 17.0 Å². The predicted molar refractivity (Wildman–Crippen MR) is 77.4 cm³/mol. The predicted octanol–water partition coefficient (Wildman–Crippen LogP) is 1.77. The molecule has 3 aromatic heterocycles. The van der Waals surface area contributed by atoms with Crippen LogP contribution < -0.4 is 5.32 Å². The van der Waals surface area contributed by atoms with Crippen molar-refractivity contribution in [2.75, 3.05) is 6.54 Å². The Balaban J connectivity index is 1.57. The number of pyridine rings is 2. The lowest BCUT2D eigenvalue weighted by Crippen LogP contribution is -2.18. The van der Waals surface area contributed by atoms with Crippen LogP contribution in [0.4, 0.5) is 0 Å². The normalized spacial score (nSPS) is 11.1. The van der Waals surface area contributed by atoms with E-state index in [1.54, 1.807) is 0 Å². The molecule has 0 saturated heterocycles. The zero-order chi connectivity index (χ0) is 13.8. The summed E-state index contributed by atoms with van der Waals surface area (Å²) < 4.78 is 2.02. The third-order valence-corrected chi connectivity index (χ3v) is 3.37. The first-order chi connectivity index (χ1) is 9.84. The minimum atomic E-state index is 0.830. The van der Waals surface area contributed by atoms with Crippen molar-refractivity contribution in [1.82, 2.24) is 24.9 Å². The van der Waals surface area contributed by atoms with Gasteiger partial charge in [-0.15, -0.1) is 10.2 Å². The number of aromatic nitrogens is 4. The molecule has 0 fully saturated rings. The number of fused-ring (bicyclic) bond motifs is 1. The average Bonchev–Trinajstić information content (AvgIpc) is 2.89. The third-order valence-electron chi connectivity index (χ3n) is 3.37. The SMILES string of the molecule is Cc1ccncc1CNCCc1nnc2ccccn12. The Bertz CT molecular complexity index is 704. The third kappa shape index (κ3) is 2.67. The summed E-state index contributed by atoms with van der Waals surface area (Å²) in [6.07, 6.45) is 6.58. The molecule has 0 radical (unpaired) electrons. The summed E-state index contributed by atoms with van der Waals surface area (Å²) in [6.45, 7) is 3.80. The monoisotopic (exact) mass is 267 g/mol. The highest BCUT2D eigenvalue weighted by Crippen LogP contribution is 2.05. The summed E-state index contributed by atoms with van der Waals surface area (Å²) in [4.78, 5) is 4.15. The molecule has 0 aliphatic rings. The fourth-order valence-corrected chi connectivity index (χ4v) is 2.17. The molecule has 0 bridgehead atoms. The van der Waals surface area contributed by atoms with Gasteiger partial charge in [-0.3, -0.25) is 9.38 Å². The standard InChI is InChI=1S/C15H17N5/c1-12-5-7-16-10-13(12)11-17-8-6-15-19-18-14-4-2-3-9-20(14)15/h2-5,7,9-10,17H,6,8,11H2,1H3. The highest BCUT2D eigenvalue weighted by atomic mass is 15.2. The highest BCUT2D eigenvalue weighted by molar-refractivity contribution is 5.37. The Kier molecular flexibility index (Phi) is 3.69. The number of aryl methyl sites for hydroxylation is 1. The fourth-order valence-electron chi connectivity index (χ4n) is 2.17. The zero-order valence-electron chi connectivity index (χ0n) is 11.5. The van der Waals surface area contributed by atoms with Crippen molar-refractivity contribution < 1.29 is 0 Å². The zero-order valence-corrected chi connectivity index (χ0v) is 11.5. The van der Waals surface area contributed by atoms with Gasteiger partial charge in [0.2, 0.25) is 0 Å². The van der Waals surface area contributed by atoms with Gasteiger partial charge in [0.05, 0.1) is 0 Å². The van der Waals surface area contributed by atoms with Gasteiger partial charge in [-0.05, 0) is 36.2 Å². The molecule has 0 aromatic carbocycles. The molecule has 0 saturated carbocycles. The molecule has 3 aromatic rings. The summed E-state index contributed by atoms with van der Waals surface area (Å²) in [5, 5.41) is 11.8. The minimum Gasteiger partial charge on any atom is -0.312 e. The fraction of sp³-hybridized carbons (Fsp3) is 0.267. The van der Waals surface area contributed by atoms with E-state index >= 15 is 0 Å². The van der Waals surface area contributed by atoms with Crippen molar-refractivity contribution in [2.45, 2.75) is 19.9 Å². The van der Waals surface area contributed by atoms with Crippen LogP contribution in [-0.2, 0) is 13.0 Å². The smallest absolute Gasteiger partial charge is 0.160 e. The van der Waals surface area contributed by atoms with Crippen molar-refractivity contribution in [3.63, 3.8) is 0 Å². The lowest BCUT2D eigenvalue weighted by molar-refractivity contribution is 0.663. The Morgan fingerprint density at radius 3 is 3.05 bits per heavy atom.